The predicted octanol–water partition coefficient (Wildman–Crippen LogP) is 10.6. The van der Waals surface area contributed by atoms with Crippen molar-refractivity contribution in [3.05, 3.63) is 11.1 Å². The van der Waals surface area contributed by atoms with Gasteiger partial charge < -0.3 is 0 Å². The third kappa shape index (κ3) is 2.20. The lowest BCUT2D eigenvalue weighted by molar-refractivity contribution is -0.239. The Labute approximate surface area is 203 Å². The van der Waals surface area contributed by atoms with Gasteiger partial charge in [-0.1, -0.05) is 136 Å². The first-order chi connectivity index (χ1) is 13.6. The fourth-order valence-electron chi connectivity index (χ4n) is 10.1. The van der Waals surface area contributed by atoms with Gasteiger partial charge in [0.1, 0.15) is 0 Å². The quantitative estimate of drug-likeness (QED) is 0.326. The molecule has 3 rings (SSSR count). The number of allylic oxidation sites excluding steroid dienone is 2. The van der Waals surface area contributed by atoms with Gasteiger partial charge >= 0.3 is 0 Å². The van der Waals surface area contributed by atoms with E-state index in [1.54, 1.807) is 11.1 Å². The lowest BCUT2D eigenvalue weighted by Crippen LogP contribution is -2.68. The standard InChI is InChI=1S/C32H60/c1-21-22(2)31(19)27(11,12)24(5,6)25(7,8)29(15,16)32(20,23(21,3)4)30(17,18)26(9,10)28(31,13)14/h1-20H3/b22-21+. The minimum atomic E-state index is 0.0185. The second-order valence-electron chi connectivity index (χ2n) is 16.5. The van der Waals surface area contributed by atoms with E-state index in [9.17, 15) is 0 Å². The highest BCUT2D eigenvalue weighted by molar-refractivity contribution is 5.39. The number of fused-ring (bicyclic) bond motifs is 6. The van der Waals surface area contributed by atoms with Crippen LogP contribution in [0.1, 0.15) is 138 Å². The highest BCUT2D eigenvalue weighted by Crippen LogP contribution is 2.84. The zero-order valence-corrected chi connectivity index (χ0v) is 26.0. The van der Waals surface area contributed by atoms with Crippen LogP contribution in [0, 0.1) is 54.1 Å². The molecular weight excluding hydrogens is 384 g/mol. The van der Waals surface area contributed by atoms with Crippen molar-refractivity contribution in [2.24, 2.45) is 54.1 Å². The molecule has 0 heteroatoms. The lowest BCUT2D eigenvalue weighted by Gasteiger charge is -2.74. The first-order valence-electron chi connectivity index (χ1n) is 13.2. The Hall–Kier alpha value is -0.260. The molecule has 3 aliphatic carbocycles. The van der Waals surface area contributed by atoms with Crippen LogP contribution < -0.4 is 0 Å². The van der Waals surface area contributed by atoms with E-state index in [0.717, 1.165) is 0 Å². The summed E-state index contributed by atoms with van der Waals surface area (Å²) in [4.78, 5) is 0. The highest BCUT2D eigenvalue weighted by Gasteiger charge is 2.78. The average molecular weight is 445 g/mol. The van der Waals surface area contributed by atoms with Crippen molar-refractivity contribution in [2.45, 2.75) is 138 Å². The number of rotatable bonds is 0. The summed E-state index contributed by atoms with van der Waals surface area (Å²) in [6.45, 7) is 51.9. The molecule has 3 aliphatic rings. The monoisotopic (exact) mass is 444 g/mol. The molecule has 0 aromatic carbocycles. The summed E-state index contributed by atoms with van der Waals surface area (Å²) in [6, 6.07) is 0. The molecule has 2 atom stereocenters. The number of hydrogen-bond donors (Lipinski definition) is 0. The largest absolute Gasteiger partial charge is 0.0676 e. The van der Waals surface area contributed by atoms with Crippen LogP contribution in [0.25, 0.3) is 0 Å². The fourth-order valence-corrected chi connectivity index (χ4v) is 10.1. The molecular formula is C32H60. The van der Waals surface area contributed by atoms with Crippen molar-refractivity contribution in [3.63, 3.8) is 0 Å². The van der Waals surface area contributed by atoms with Gasteiger partial charge in [-0.05, 0) is 68.0 Å². The summed E-state index contributed by atoms with van der Waals surface area (Å²) >= 11 is 0. The van der Waals surface area contributed by atoms with Crippen LogP contribution in [0.2, 0.25) is 0 Å². The van der Waals surface area contributed by atoms with E-state index in [1.807, 2.05) is 0 Å². The maximum Gasteiger partial charge on any atom is -0.000357 e. The fraction of sp³-hybridized carbons (Fsp3) is 0.938. The summed E-state index contributed by atoms with van der Waals surface area (Å²) in [6.07, 6.45) is 0. The molecule has 1 fully saturated rings. The number of hydrogen-bond acceptors (Lipinski definition) is 0. The van der Waals surface area contributed by atoms with Gasteiger partial charge in [0.05, 0.1) is 0 Å². The first kappa shape index (κ1) is 28.0. The van der Waals surface area contributed by atoms with Crippen LogP contribution in [-0.4, -0.2) is 0 Å². The van der Waals surface area contributed by atoms with E-state index < -0.39 is 0 Å². The Morgan fingerprint density at radius 1 is 0.312 bits per heavy atom. The molecule has 0 aliphatic heterocycles. The second-order valence-corrected chi connectivity index (χ2v) is 16.5. The van der Waals surface area contributed by atoms with Crippen molar-refractivity contribution >= 4 is 0 Å². The first-order valence-corrected chi connectivity index (χ1v) is 13.2. The Morgan fingerprint density at radius 2 is 0.562 bits per heavy atom. The van der Waals surface area contributed by atoms with Crippen LogP contribution in [0.5, 0.6) is 0 Å². The van der Waals surface area contributed by atoms with E-state index in [-0.39, 0.29) is 54.1 Å². The molecule has 2 unspecified atom stereocenters. The summed E-state index contributed by atoms with van der Waals surface area (Å²) < 4.78 is 0. The summed E-state index contributed by atoms with van der Waals surface area (Å²) in [5, 5.41) is 0. The van der Waals surface area contributed by atoms with Crippen molar-refractivity contribution in [1.82, 2.24) is 0 Å². The molecule has 32 heavy (non-hydrogen) atoms. The van der Waals surface area contributed by atoms with Crippen LogP contribution in [-0.2, 0) is 0 Å². The maximum atomic E-state index is 2.67. The van der Waals surface area contributed by atoms with Gasteiger partial charge in [0.2, 0.25) is 0 Å². The van der Waals surface area contributed by atoms with Crippen LogP contribution in [0.3, 0.4) is 0 Å². The summed E-state index contributed by atoms with van der Waals surface area (Å²) in [5.74, 6) is 0. The molecule has 188 valence electrons. The van der Waals surface area contributed by atoms with Crippen molar-refractivity contribution in [3.8, 4) is 0 Å². The van der Waals surface area contributed by atoms with Gasteiger partial charge in [-0.25, -0.2) is 0 Å². The molecule has 0 aromatic heterocycles. The van der Waals surface area contributed by atoms with Gasteiger partial charge in [-0.15, -0.1) is 0 Å². The van der Waals surface area contributed by atoms with E-state index >= 15 is 0 Å². The predicted molar refractivity (Wildman–Crippen MR) is 145 cm³/mol. The van der Waals surface area contributed by atoms with Crippen LogP contribution >= 0.6 is 0 Å². The molecule has 0 radical (unpaired) electrons. The van der Waals surface area contributed by atoms with Gasteiger partial charge in [-0.3, -0.25) is 0 Å². The van der Waals surface area contributed by atoms with Gasteiger partial charge in [0, 0.05) is 0 Å². The topological polar surface area (TPSA) is 0 Å². The third-order valence-electron chi connectivity index (χ3n) is 16.3. The lowest BCUT2D eigenvalue weighted by atomic mass is 9.30. The highest BCUT2D eigenvalue weighted by atomic mass is 14.8. The molecule has 1 saturated carbocycles. The minimum absolute atomic E-state index is 0.0185. The van der Waals surface area contributed by atoms with Gasteiger partial charge in [0.25, 0.3) is 0 Å². The third-order valence-corrected chi connectivity index (χ3v) is 16.3. The molecule has 0 spiro atoms. The van der Waals surface area contributed by atoms with Gasteiger partial charge in [0.15, 0.2) is 0 Å². The zero-order chi connectivity index (χ0) is 26.2. The smallest absolute Gasteiger partial charge is 0.000357 e. The van der Waals surface area contributed by atoms with E-state index in [1.165, 1.54) is 0 Å². The van der Waals surface area contributed by atoms with Crippen molar-refractivity contribution in [1.29, 1.82) is 0 Å². The van der Waals surface area contributed by atoms with E-state index in [2.05, 4.69) is 138 Å². The zero-order valence-electron chi connectivity index (χ0n) is 26.0. The average Bonchev–Trinajstić information content (AvgIpc) is 2.62. The molecule has 0 amide bonds. The van der Waals surface area contributed by atoms with Gasteiger partial charge in [-0.2, -0.15) is 0 Å². The molecule has 0 nitrogen and oxygen atoms in total. The Bertz CT molecular complexity index is 833. The van der Waals surface area contributed by atoms with Crippen LogP contribution in [0.4, 0.5) is 0 Å². The SMILES string of the molecule is C/C1=C(/C)C2(C)C(C)(C)C(C)(C)C(C)(C)C(C)(C)C(C)(C1(C)C)C(C)(C)C(C)(C)C2(C)C. The Morgan fingerprint density at radius 3 is 0.875 bits per heavy atom. The molecule has 0 heterocycles. The van der Waals surface area contributed by atoms with Crippen LogP contribution in [0.15, 0.2) is 11.1 Å². The van der Waals surface area contributed by atoms with Crippen molar-refractivity contribution < 1.29 is 0 Å². The van der Waals surface area contributed by atoms with E-state index in [0.29, 0.717) is 0 Å². The Kier molecular flexibility index (Phi) is 5.50. The van der Waals surface area contributed by atoms with Crippen molar-refractivity contribution in [2.75, 3.05) is 0 Å². The maximum absolute atomic E-state index is 2.67. The Balaban J connectivity index is 3.53. The molecule has 0 saturated heterocycles. The summed E-state index contributed by atoms with van der Waals surface area (Å²) in [5.41, 5.74) is 3.92. The molecule has 0 N–H and O–H groups in total. The normalized spacial score (nSPS) is 42.4. The second kappa shape index (κ2) is 6.29. The molecule has 0 aromatic rings. The minimum Gasteiger partial charge on any atom is -0.0676 e. The summed E-state index contributed by atoms with van der Waals surface area (Å²) in [7, 11) is 0. The van der Waals surface area contributed by atoms with E-state index in [4.69, 9.17) is 0 Å². The molecule has 2 bridgehead atoms.